The summed E-state index contributed by atoms with van der Waals surface area (Å²) in [6, 6.07) is 9.22. The molecule has 0 saturated heterocycles. The van der Waals surface area contributed by atoms with Crippen LogP contribution in [-0.4, -0.2) is 6.54 Å². The second-order valence-electron chi connectivity index (χ2n) is 5.46. The summed E-state index contributed by atoms with van der Waals surface area (Å²) < 4.78 is 5.59. The lowest BCUT2D eigenvalue weighted by molar-refractivity contribution is 0.487. The van der Waals surface area contributed by atoms with Crippen LogP contribution in [0.25, 0.3) is 0 Å². The number of hydrogen-bond acceptors (Lipinski definition) is 2. The SMILES string of the molecule is CCNC(Cc1cc(C)cc(C)c1)c1ccoc1CC. The van der Waals surface area contributed by atoms with Gasteiger partial charge in [-0.25, -0.2) is 0 Å². The first kappa shape index (κ1) is 14.9. The van der Waals surface area contributed by atoms with Gasteiger partial charge < -0.3 is 9.73 Å². The first-order valence-corrected chi connectivity index (χ1v) is 7.50. The monoisotopic (exact) mass is 271 g/mol. The number of rotatable bonds is 6. The van der Waals surface area contributed by atoms with E-state index in [-0.39, 0.29) is 0 Å². The predicted molar refractivity (Wildman–Crippen MR) is 84.1 cm³/mol. The minimum atomic E-state index is 0.329. The van der Waals surface area contributed by atoms with Crippen molar-refractivity contribution in [3.05, 3.63) is 58.5 Å². The molecule has 2 nitrogen and oxygen atoms in total. The van der Waals surface area contributed by atoms with Crippen molar-refractivity contribution in [3.63, 3.8) is 0 Å². The molecule has 108 valence electrons. The van der Waals surface area contributed by atoms with Crippen LogP contribution < -0.4 is 5.32 Å². The van der Waals surface area contributed by atoms with E-state index in [0.29, 0.717) is 6.04 Å². The third-order valence-corrected chi connectivity index (χ3v) is 3.65. The van der Waals surface area contributed by atoms with Crippen LogP contribution in [-0.2, 0) is 12.8 Å². The number of likely N-dealkylation sites (N-methyl/N-ethyl adjacent to an activating group) is 1. The average molecular weight is 271 g/mol. The third-order valence-electron chi connectivity index (χ3n) is 3.65. The molecule has 0 amide bonds. The van der Waals surface area contributed by atoms with Gasteiger partial charge in [-0.05, 0) is 38.4 Å². The molecule has 1 atom stereocenters. The zero-order valence-corrected chi connectivity index (χ0v) is 13.0. The van der Waals surface area contributed by atoms with E-state index in [0.717, 1.165) is 25.1 Å². The molecule has 0 aliphatic heterocycles. The minimum absolute atomic E-state index is 0.329. The van der Waals surface area contributed by atoms with Crippen molar-refractivity contribution >= 4 is 0 Å². The summed E-state index contributed by atoms with van der Waals surface area (Å²) in [5, 5.41) is 3.59. The van der Waals surface area contributed by atoms with Crippen molar-refractivity contribution in [2.24, 2.45) is 0 Å². The summed E-state index contributed by atoms with van der Waals surface area (Å²) in [6.45, 7) is 9.58. The topological polar surface area (TPSA) is 25.2 Å². The van der Waals surface area contributed by atoms with E-state index < -0.39 is 0 Å². The van der Waals surface area contributed by atoms with Crippen LogP contribution in [0.3, 0.4) is 0 Å². The van der Waals surface area contributed by atoms with Crippen LogP contribution in [0.5, 0.6) is 0 Å². The Labute approximate surface area is 122 Å². The Kier molecular flexibility index (Phi) is 5.02. The minimum Gasteiger partial charge on any atom is -0.469 e. The molecule has 1 aromatic carbocycles. The maximum absolute atomic E-state index is 5.59. The van der Waals surface area contributed by atoms with Gasteiger partial charge in [-0.3, -0.25) is 0 Å². The second-order valence-corrected chi connectivity index (χ2v) is 5.46. The Morgan fingerprint density at radius 2 is 1.80 bits per heavy atom. The van der Waals surface area contributed by atoms with Gasteiger partial charge >= 0.3 is 0 Å². The van der Waals surface area contributed by atoms with Gasteiger partial charge in [-0.1, -0.05) is 43.2 Å². The molecule has 0 aliphatic carbocycles. The fourth-order valence-electron chi connectivity index (χ4n) is 2.91. The highest BCUT2D eigenvalue weighted by molar-refractivity contribution is 5.31. The maximum atomic E-state index is 5.59. The van der Waals surface area contributed by atoms with Crippen molar-refractivity contribution in [1.82, 2.24) is 5.32 Å². The highest BCUT2D eigenvalue weighted by Crippen LogP contribution is 2.24. The molecule has 1 unspecified atom stereocenters. The van der Waals surface area contributed by atoms with E-state index in [9.17, 15) is 0 Å². The van der Waals surface area contributed by atoms with E-state index >= 15 is 0 Å². The lowest BCUT2D eigenvalue weighted by atomic mass is 9.96. The van der Waals surface area contributed by atoms with E-state index in [2.05, 4.69) is 57.3 Å². The van der Waals surface area contributed by atoms with E-state index in [4.69, 9.17) is 4.42 Å². The van der Waals surface area contributed by atoms with Gasteiger partial charge in [0.25, 0.3) is 0 Å². The molecule has 20 heavy (non-hydrogen) atoms. The van der Waals surface area contributed by atoms with Crippen LogP contribution in [0, 0.1) is 13.8 Å². The molecule has 0 fully saturated rings. The molecule has 0 spiro atoms. The smallest absolute Gasteiger partial charge is 0.108 e. The Bertz CT molecular complexity index is 536. The van der Waals surface area contributed by atoms with Crippen molar-refractivity contribution in [1.29, 1.82) is 0 Å². The molecule has 2 rings (SSSR count). The maximum Gasteiger partial charge on any atom is 0.108 e. The van der Waals surface area contributed by atoms with E-state index in [1.54, 1.807) is 6.26 Å². The molecule has 0 aliphatic rings. The first-order chi connectivity index (χ1) is 9.63. The molecule has 2 heteroatoms. The highest BCUT2D eigenvalue weighted by Gasteiger charge is 2.17. The molecular formula is C18H25NO. The van der Waals surface area contributed by atoms with Crippen LogP contribution >= 0.6 is 0 Å². The van der Waals surface area contributed by atoms with Crippen molar-refractivity contribution in [2.75, 3.05) is 6.54 Å². The summed E-state index contributed by atoms with van der Waals surface area (Å²) in [5.74, 6) is 1.10. The van der Waals surface area contributed by atoms with Crippen LogP contribution in [0.1, 0.15) is 47.9 Å². The zero-order valence-electron chi connectivity index (χ0n) is 13.0. The van der Waals surface area contributed by atoms with Gasteiger partial charge in [-0.15, -0.1) is 0 Å². The first-order valence-electron chi connectivity index (χ1n) is 7.50. The standard InChI is InChI=1S/C18H25NO/c1-5-18-16(7-8-20-18)17(19-6-2)12-15-10-13(3)9-14(4)11-15/h7-11,17,19H,5-6,12H2,1-4H3. The fraction of sp³-hybridized carbons (Fsp3) is 0.444. The lowest BCUT2D eigenvalue weighted by Crippen LogP contribution is -2.23. The lowest BCUT2D eigenvalue weighted by Gasteiger charge is -2.18. The number of aryl methyl sites for hydroxylation is 3. The average Bonchev–Trinajstić information content (AvgIpc) is 2.85. The fourth-order valence-corrected chi connectivity index (χ4v) is 2.91. The molecule has 0 radical (unpaired) electrons. The van der Waals surface area contributed by atoms with Crippen molar-refractivity contribution in [3.8, 4) is 0 Å². The Hall–Kier alpha value is -1.54. The largest absolute Gasteiger partial charge is 0.469 e. The van der Waals surface area contributed by atoms with E-state index in [1.165, 1.54) is 22.3 Å². The Morgan fingerprint density at radius 3 is 2.40 bits per heavy atom. The van der Waals surface area contributed by atoms with Gasteiger partial charge in [0.1, 0.15) is 5.76 Å². The normalized spacial score (nSPS) is 12.6. The summed E-state index contributed by atoms with van der Waals surface area (Å²) in [4.78, 5) is 0. The van der Waals surface area contributed by atoms with Gasteiger partial charge in [-0.2, -0.15) is 0 Å². The van der Waals surface area contributed by atoms with E-state index in [1.807, 2.05) is 0 Å². The Balaban J connectivity index is 2.25. The number of furan rings is 1. The molecule has 0 bridgehead atoms. The molecule has 1 heterocycles. The summed E-state index contributed by atoms with van der Waals surface area (Å²) in [6.07, 6.45) is 3.75. The van der Waals surface area contributed by atoms with Crippen molar-refractivity contribution < 1.29 is 4.42 Å². The quantitative estimate of drug-likeness (QED) is 0.845. The zero-order chi connectivity index (χ0) is 14.5. The van der Waals surface area contributed by atoms with Crippen LogP contribution in [0.4, 0.5) is 0 Å². The van der Waals surface area contributed by atoms with Crippen molar-refractivity contribution in [2.45, 2.75) is 46.6 Å². The van der Waals surface area contributed by atoms with Gasteiger partial charge in [0.2, 0.25) is 0 Å². The summed E-state index contributed by atoms with van der Waals surface area (Å²) >= 11 is 0. The van der Waals surface area contributed by atoms with Crippen LogP contribution in [0.15, 0.2) is 34.9 Å². The predicted octanol–water partition coefficient (Wildman–Crippen LogP) is 4.35. The molecule has 2 aromatic rings. The second kappa shape index (κ2) is 6.76. The number of nitrogens with one attached hydrogen (secondary N) is 1. The Morgan fingerprint density at radius 1 is 1.10 bits per heavy atom. The van der Waals surface area contributed by atoms with Gasteiger partial charge in [0.15, 0.2) is 0 Å². The summed E-state index contributed by atoms with van der Waals surface area (Å²) in [5.41, 5.74) is 5.35. The molecule has 0 saturated carbocycles. The molecule has 1 aromatic heterocycles. The van der Waals surface area contributed by atoms with Gasteiger partial charge in [0, 0.05) is 18.0 Å². The number of hydrogen-bond donors (Lipinski definition) is 1. The molecule has 1 N–H and O–H groups in total. The molecular weight excluding hydrogens is 246 g/mol. The number of benzene rings is 1. The van der Waals surface area contributed by atoms with Crippen LogP contribution in [0.2, 0.25) is 0 Å². The third kappa shape index (κ3) is 3.51. The van der Waals surface area contributed by atoms with Gasteiger partial charge in [0.05, 0.1) is 6.26 Å². The summed E-state index contributed by atoms with van der Waals surface area (Å²) in [7, 11) is 0. The highest BCUT2D eigenvalue weighted by atomic mass is 16.3.